The van der Waals surface area contributed by atoms with Gasteiger partial charge in [-0.05, 0) is 29.9 Å². The maximum absolute atomic E-state index is 11.6. The molecule has 6 heteroatoms. The van der Waals surface area contributed by atoms with Crippen molar-refractivity contribution in [2.24, 2.45) is 5.73 Å². The van der Waals surface area contributed by atoms with Gasteiger partial charge in [-0.1, -0.05) is 30.3 Å². The normalized spacial score (nSPS) is 11.8. The number of rotatable bonds is 5. The van der Waals surface area contributed by atoms with Crippen LogP contribution in [0.4, 0.5) is 0 Å². The van der Waals surface area contributed by atoms with Crippen LogP contribution >= 0.6 is 0 Å². The Morgan fingerprint density at radius 2 is 1.78 bits per heavy atom. The summed E-state index contributed by atoms with van der Waals surface area (Å²) in [4.78, 5) is 30.7. The van der Waals surface area contributed by atoms with Crippen LogP contribution in [0, 0.1) is 0 Å². The van der Waals surface area contributed by atoms with Gasteiger partial charge in [0.2, 0.25) is 0 Å². The zero-order valence-corrected chi connectivity index (χ0v) is 13.1. The second-order valence-corrected chi connectivity index (χ2v) is 5.09. The zero-order valence-electron chi connectivity index (χ0n) is 13.1. The monoisotopic (exact) mass is 317 g/mol. The molecular weight excluding hydrogens is 298 g/mol. The van der Waals surface area contributed by atoms with Crippen LogP contribution < -0.4 is 10.5 Å². The van der Waals surface area contributed by atoms with Crippen molar-refractivity contribution in [3.05, 3.63) is 42.0 Å². The smallest absolute Gasteiger partial charge is 0.372 e. The maximum Gasteiger partial charge on any atom is 0.372 e. The minimum atomic E-state index is -0.866. The van der Waals surface area contributed by atoms with Gasteiger partial charge in [0.1, 0.15) is 11.8 Å². The molecule has 2 aromatic carbocycles. The van der Waals surface area contributed by atoms with Gasteiger partial charge < -0.3 is 10.5 Å². The van der Waals surface area contributed by atoms with Crippen LogP contribution in [0.3, 0.4) is 0 Å². The van der Waals surface area contributed by atoms with E-state index in [-0.39, 0.29) is 0 Å². The fourth-order valence-corrected chi connectivity index (χ4v) is 2.32. The lowest BCUT2D eigenvalue weighted by molar-refractivity contribution is -0.258. The molecule has 0 amide bonds. The Labute approximate surface area is 134 Å². The van der Waals surface area contributed by atoms with Crippen LogP contribution in [0.25, 0.3) is 10.8 Å². The average Bonchev–Trinajstić information content (AvgIpc) is 2.57. The van der Waals surface area contributed by atoms with E-state index in [2.05, 4.69) is 9.78 Å². The Morgan fingerprint density at radius 1 is 1.09 bits per heavy atom. The highest BCUT2D eigenvalue weighted by molar-refractivity contribution is 5.91. The summed E-state index contributed by atoms with van der Waals surface area (Å²) >= 11 is 0. The highest BCUT2D eigenvalue weighted by Crippen LogP contribution is 2.29. The lowest BCUT2D eigenvalue weighted by atomic mass is 9.98. The van der Waals surface area contributed by atoms with Gasteiger partial charge in [0.15, 0.2) is 0 Å². The Kier molecular flexibility index (Phi) is 5.54. The molecule has 6 nitrogen and oxygen atoms in total. The molecule has 122 valence electrons. The predicted molar refractivity (Wildman–Crippen MR) is 84.7 cm³/mol. The van der Waals surface area contributed by atoms with Gasteiger partial charge in [-0.15, -0.1) is 0 Å². The third-order valence-corrected chi connectivity index (χ3v) is 3.46. The number of aryl methyl sites for hydroxylation is 1. The van der Waals surface area contributed by atoms with Crippen molar-refractivity contribution in [3.8, 4) is 5.75 Å². The van der Waals surface area contributed by atoms with E-state index in [0.717, 1.165) is 29.0 Å². The van der Waals surface area contributed by atoms with Crippen molar-refractivity contribution >= 4 is 22.7 Å². The Hall–Kier alpha value is -2.60. The van der Waals surface area contributed by atoms with Crippen molar-refractivity contribution < 1.29 is 24.1 Å². The molecular formula is C17H19NO5. The van der Waals surface area contributed by atoms with Gasteiger partial charge in [0.25, 0.3) is 0 Å². The van der Waals surface area contributed by atoms with Gasteiger partial charge in [-0.2, -0.15) is 0 Å². The van der Waals surface area contributed by atoms with E-state index in [1.807, 2.05) is 36.4 Å². The van der Waals surface area contributed by atoms with Crippen LogP contribution in [-0.2, 0) is 25.8 Å². The molecule has 0 aliphatic rings. The number of fused-ring (bicyclic) bond motifs is 1. The number of benzene rings is 2. The summed E-state index contributed by atoms with van der Waals surface area (Å²) in [6, 6.07) is 10.8. The van der Waals surface area contributed by atoms with Crippen LogP contribution in [0.5, 0.6) is 5.75 Å². The molecule has 0 saturated carbocycles. The van der Waals surface area contributed by atoms with E-state index in [1.54, 1.807) is 7.11 Å². The summed E-state index contributed by atoms with van der Waals surface area (Å²) in [5.74, 6) is -0.673. The molecule has 0 bridgehead atoms. The molecule has 0 unspecified atom stereocenters. The summed E-state index contributed by atoms with van der Waals surface area (Å²) in [5, 5.41) is 2.05. The summed E-state index contributed by atoms with van der Waals surface area (Å²) in [7, 11) is 1.63. The number of carbonyl (C=O) groups is 2. The fraction of sp³-hybridized carbons (Fsp3) is 0.294. The predicted octanol–water partition coefficient (Wildman–Crippen LogP) is 2.13. The first-order valence-electron chi connectivity index (χ1n) is 7.22. The SMILES string of the molecule is COc1ccc(CC[C@H](N)C(=O)OOC(C)=O)c2ccccc12. The number of ether oxygens (including phenoxy) is 1. The number of nitrogens with two attached hydrogens (primary N) is 1. The van der Waals surface area contributed by atoms with Gasteiger partial charge in [0, 0.05) is 12.3 Å². The van der Waals surface area contributed by atoms with E-state index < -0.39 is 18.0 Å². The Bertz CT molecular complexity index is 713. The number of hydrogen-bond donors (Lipinski definition) is 1. The van der Waals surface area contributed by atoms with Gasteiger partial charge >= 0.3 is 11.9 Å². The molecule has 23 heavy (non-hydrogen) atoms. The molecule has 0 fully saturated rings. The zero-order chi connectivity index (χ0) is 16.8. The second-order valence-electron chi connectivity index (χ2n) is 5.09. The summed E-state index contributed by atoms with van der Waals surface area (Å²) < 4.78 is 5.35. The maximum atomic E-state index is 11.6. The molecule has 0 spiro atoms. The quantitative estimate of drug-likeness (QED) is 0.671. The number of hydrogen-bond acceptors (Lipinski definition) is 6. The van der Waals surface area contributed by atoms with Gasteiger partial charge in [0.05, 0.1) is 7.11 Å². The van der Waals surface area contributed by atoms with E-state index in [4.69, 9.17) is 10.5 Å². The third kappa shape index (κ3) is 4.20. The number of carbonyl (C=O) groups excluding carboxylic acids is 2. The minimum absolute atomic E-state index is 0.371. The Balaban J connectivity index is 2.08. The van der Waals surface area contributed by atoms with Crippen LogP contribution in [-0.4, -0.2) is 25.1 Å². The molecule has 1 atom stereocenters. The summed E-state index contributed by atoms with van der Waals surface area (Å²) in [6.45, 7) is 1.14. The molecule has 0 radical (unpaired) electrons. The largest absolute Gasteiger partial charge is 0.496 e. The van der Waals surface area contributed by atoms with Gasteiger partial charge in [-0.3, -0.25) is 0 Å². The van der Waals surface area contributed by atoms with Crippen LogP contribution in [0.2, 0.25) is 0 Å². The highest BCUT2D eigenvalue weighted by Gasteiger charge is 2.18. The van der Waals surface area contributed by atoms with Crippen molar-refractivity contribution in [3.63, 3.8) is 0 Å². The second kappa shape index (κ2) is 7.60. The van der Waals surface area contributed by atoms with Crippen molar-refractivity contribution in [2.45, 2.75) is 25.8 Å². The first-order valence-corrected chi connectivity index (χ1v) is 7.22. The summed E-state index contributed by atoms with van der Waals surface area (Å²) in [5.41, 5.74) is 6.81. The van der Waals surface area contributed by atoms with Crippen molar-refractivity contribution in [2.75, 3.05) is 7.11 Å². The number of methoxy groups -OCH3 is 1. The topological polar surface area (TPSA) is 87.8 Å². The lowest BCUT2D eigenvalue weighted by Crippen LogP contribution is -2.33. The molecule has 2 N–H and O–H groups in total. The molecule has 2 rings (SSSR count). The minimum Gasteiger partial charge on any atom is -0.496 e. The fourth-order valence-electron chi connectivity index (χ4n) is 2.32. The third-order valence-electron chi connectivity index (χ3n) is 3.46. The molecule has 2 aromatic rings. The van der Waals surface area contributed by atoms with E-state index in [9.17, 15) is 9.59 Å². The van der Waals surface area contributed by atoms with E-state index >= 15 is 0 Å². The van der Waals surface area contributed by atoms with E-state index in [1.165, 1.54) is 0 Å². The van der Waals surface area contributed by atoms with Crippen molar-refractivity contribution in [1.82, 2.24) is 0 Å². The van der Waals surface area contributed by atoms with Crippen molar-refractivity contribution in [1.29, 1.82) is 0 Å². The Morgan fingerprint density at radius 3 is 2.43 bits per heavy atom. The highest BCUT2D eigenvalue weighted by atomic mass is 17.2. The molecule has 0 saturated heterocycles. The van der Waals surface area contributed by atoms with Crippen LogP contribution in [0.15, 0.2) is 36.4 Å². The molecule has 0 heterocycles. The standard InChI is InChI=1S/C17H19NO5/c1-11(19)22-23-17(20)15(18)9-7-12-8-10-16(21-2)14-6-4-3-5-13(12)14/h3-6,8,10,15H,7,9,18H2,1-2H3/t15-/m0/s1. The van der Waals surface area contributed by atoms with Crippen LogP contribution in [0.1, 0.15) is 18.9 Å². The molecule has 0 aliphatic heterocycles. The van der Waals surface area contributed by atoms with Gasteiger partial charge in [-0.25, -0.2) is 19.4 Å². The average molecular weight is 317 g/mol. The first-order chi connectivity index (χ1) is 11.0. The molecule has 0 aliphatic carbocycles. The first kappa shape index (κ1) is 16.8. The summed E-state index contributed by atoms with van der Waals surface area (Å²) in [6.07, 6.45) is 0.956. The molecule has 0 aromatic heterocycles. The van der Waals surface area contributed by atoms with E-state index in [0.29, 0.717) is 12.8 Å². The lowest BCUT2D eigenvalue weighted by Gasteiger charge is -2.12.